The number of nitrogens with zero attached hydrogens (tertiary/aromatic N) is 1. The standard InChI is InChI=1S/C25H48N2O6Si/c1-15(2)34(16(3)4,17(5)6)32-14-21(26)23-20(13-31-19(8)29)12-22(18(7)28)27(23)24(30)33-25(9,10)11/h15-17,20-23H,12-14,26H2,1-11H3/t20-,21?,22+,23+/m0/s1. The summed E-state index contributed by atoms with van der Waals surface area (Å²) >= 11 is 0. The van der Waals surface area contributed by atoms with E-state index in [9.17, 15) is 14.4 Å². The summed E-state index contributed by atoms with van der Waals surface area (Å²) in [5.41, 5.74) is 7.15. The van der Waals surface area contributed by atoms with Crippen LogP contribution in [0.5, 0.6) is 0 Å². The second-order valence-electron chi connectivity index (χ2n) is 11.6. The molecule has 1 heterocycles. The number of carbonyl (C=O) groups excluding carboxylic acids is 3. The van der Waals surface area contributed by atoms with Crippen LogP contribution in [-0.2, 0) is 23.5 Å². The van der Waals surface area contributed by atoms with E-state index in [1.165, 1.54) is 18.7 Å². The molecule has 1 rings (SSSR count). The number of hydrogen-bond donors (Lipinski definition) is 1. The van der Waals surface area contributed by atoms with Gasteiger partial charge in [-0.05, 0) is 50.7 Å². The Morgan fingerprint density at radius 2 is 1.50 bits per heavy atom. The van der Waals surface area contributed by atoms with Crippen LogP contribution in [0, 0.1) is 5.92 Å². The molecule has 0 spiro atoms. The van der Waals surface area contributed by atoms with Gasteiger partial charge in [0.25, 0.3) is 0 Å². The highest BCUT2D eigenvalue weighted by Crippen LogP contribution is 2.43. The highest BCUT2D eigenvalue weighted by molar-refractivity contribution is 6.77. The Morgan fingerprint density at radius 1 is 1.00 bits per heavy atom. The second-order valence-corrected chi connectivity index (χ2v) is 17.1. The summed E-state index contributed by atoms with van der Waals surface area (Å²) in [6.07, 6.45) is -0.222. The van der Waals surface area contributed by atoms with Crippen molar-refractivity contribution in [2.24, 2.45) is 11.7 Å². The first kappa shape index (κ1) is 30.6. The van der Waals surface area contributed by atoms with Crippen LogP contribution in [0.2, 0.25) is 16.6 Å². The second kappa shape index (κ2) is 12.0. The summed E-state index contributed by atoms with van der Waals surface area (Å²) < 4.78 is 17.7. The largest absolute Gasteiger partial charge is 0.465 e. The lowest BCUT2D eigenvalue weighted by molar-refractivity contribution is -0.142. The molecule has 0 aromatic rings. The lowest BCUT2D eigenvalue weighted by atomic mass is 9.94. The van der Waals surface area contributed by atoms with Crippen molar-refractivity contribution >= 4 is 26.2 Å². The number of ether oxygens (including phenoxy) is 2. The minimum atomic E-state index is -2.19. The zero-order valence-electron chi connectivity index (χ0n) is 23.1. The average molecular weight is 501 g/mol. The molecule has 8 nitrogen and oxygen atoms in total. The number of esters is 1. The minimum Gasteiger partial charge on any atom is -0.465 e. The van der Waals surface area contributed by atoms with E-state index in [4.69, 9.17) is 19.6 Å². The number of nitrogens with two attached hydrogens (primary N) is 1. The maximum absolute atomic E-state index is 13.3. The van der Waals surface area contributed by atoms with E-state index in [0.29, 0.717) is 23.0 Å². The Kier molecular flexibility index (Phi) is 10.8. The van der Waals surface area contributed by atoms with Gasteiger partial charge >= 0.3 is 12.1 Å². The van der Waals surface area contributed by atoms with Gasteiger partial charge in [0.15, 0.2) is 14.1 Å². The number of carbonyl (C=O) groups is 3. The molecular formula is C25H48N2O6Si. The molecule has 0 aromatic carbocycles. The van der Waals surface area contributed by atoms with Gasteiger partial charge in [0.2, 0.25) is 0 Å². The molecule has 1 aliphatic rings. The highest BCUT2D eigenvalue weighted by atomic mass is 28.4. The van der Waals surface area contributed by atoms with Gasteiger partial charge in [0.1, 0.15) is 5.60 Å². The lowest BCUT2D eigenvalue weighted by Crippen LogP contribution is -2.58. The molecule has 4 atom stereocenters. The first-order valence-corrected chi connectivity index (χ1v) is 14.6. The topological polar surface area (TPSA) is 108 Å². The lowest BCUT2D eigenvalue weighted by Gasteiger charge is -2.44. The normalized spacial score (nSPS) is 22.4. The van der Waals surface area contributed by atoms with Gasteiger partial charge in [0, 0.05) is 18.9 Å². The van der Waals surface area contributed by atoms with Crippen molar-refractivity contribution < 1.29 is 28.3 Å². The molecule has 0 bridgehead atoms. The molecule has 0 aromatic heterocycles. The molecule has 0 saturated carbocycles. The predicted molar refractivity (Wildman–Crippen MR) is 136 cm³/mol. The summed E-state index contributed by atoms with van der Waals surface area (Å²) in [7, 11) is -2.19. The van der Waals surface area contributed by atoms with E-state index in [0.717, 1.165) is 0 Å². The van der Waals surface area contributed by atoms with E-state index in [1.54, 1.807) is 20.8 Å². The van der Waals surface area contributed by atoms with Crippen molar-refractivity contribution in [3.8, 4) is 0 Å². The Labute approximate surface area is 207 Å². The van der Waals surface area contributed by atoms with Crippen LogP contribution in [0.4, 0.5) is 4.79 Å². The van der Waals surface area contributed by atoms with Gasteiger partial charge in [-0.25, -0.2) is 4.79 Å². The number of ketones is 1. The molecule has 2 N–H and O–H groups in total. The van der Waals surface area contributed by atoms with Crippen LogP contribution in [0.1, 0.15) is 82.6 Å². The van der Waals surface area contributed by atoms with E-state index in [1.807, 2.05) is 0 Å². The molecule has 0 aliphatic carbocycles. The Balaban J connectivity index is 3.34. The van der Waals surface area contributed by atoms with E-state index >= 15 is 0 Å². The maximum Gasteiger partial charge on any atom is 0.411 e. The van der Waals surface area contributed by atoms with Gasteiger partial charge in [-0.3, -0.25) is 14.5 Å². The molecule has 9 heteroatoms. The summed E-state index contributed by atoms with van der Waals surface area (Å²) in [5, 5.41) is 0. The fourth-order valence-electron chi connectivity index (χ4n) is 5.69. The zero-order chi connectivity index (χ0) is 26.6. The van der Waals surface area contributed by atoms with Gasteiger partial charge in [-0.1, -0.05) is 41.5 Å². The Bertz CT molecular complexity index is 697. The molecule has 0 radical (unpaired) electrons. The van der Waals surface area contributed by atoms with Crippen LogP contribution in [-0.4, -0.2) is 68.0 Å². The Hall–Kier alpha value is -1.45. The van der Waals surface area contributed by atoms with Crippen molar-refractivity contribution in [3.63, 3.8) is 0 Å². The first-order chi connectivity index (χ1) is 15.5. The molecule has 1 aliphatic heterocycles. The van der Waals surface area contributed by atoms with E-state index < -0.39 is 44.1 Å². The Morgan fingerprint density at radius 3 is 1.88 bits per heavy atom. The summed E-state index contributed by atoms with van der Waals surface area (Å²) in [4.78, 5) is 38.8. The monoisotopic (exact) mass is 500 g/mol. The third-order valence-corrected chi connectivity index (χ3v) is 13.0. The van der Waals surface area contributed by atoms with Gasteiger partial charge in [0.05, 0.1) is 25.3 Å². The molecule has 1 fully saturated rings. The third kappa shape index (κ3) is 7.27. The highest BCUT2D eigenvalue weighted by Gasteiger charge is 2.51. The van der Waals surface area contributed by atoms with E-state index in [2.05, 4.69) is 41.5 Å². The number of hydrogen-bond acceptors (Lipinski definition) is 7. The van der Waals surface area contributed by atoms with Crippen LogP contribution in [0.15, 0.2) is 0 Å². The van der Waals surface area contributed by atoms with Gasteiger partial charge < -0.3 is 19.6 Å². The van der Waals surface area contributed by atoms with Crippen molar-refractivity contribution in [3.05, 3.63) is 0 Å². The molecule has 198 valence electrons. The van der Waals surface area contributed by atoms with Crippen LogP contribution >= 0.6 is 0 Å². The van der Waals surface area contributed by atoms with Crippen molar-refractivity contribution in [2.75, 3.05) is 13.2 Å². The van der Waals surface area contributed by atoms with Crippen LogP contribution in [0.3, 0.4) is 0 Å². The quantitative estimate of drug-likeness (QED) is 0.343. The third-order valence-electron chi connectivity index (χ3n) is 6.91. The summed E-state index contributed by atoms with van der Waals surface area (Å²) in [6, 6.07) is -1.81. The van der Waals surface area contributed by atoms with Gasteiger partial charge in [-0.2, -0.15) is 0 Å². The smallest absolute Gasteiger partial charge is 0.411 e. The summed E-state index contributed by atoms with van der Waals surface area (Å²) in [5.74, 6) is -0.855. The molecule has 1 saturated heterocycles. The van der Waals surface area contributed by atoms with Crippen molar-refractivity contribution in [2.45, 2.75) is 123 Å². The van der Waals surface area contributed by atoms with Crippen LogP contribution in [0.25, 0.3) is 0 Å². The van der Waals surface area contributed by atoms with Crippen LogP contribution < -0.4 is 5.73 Å². The van der Waals surface area contributed by atoms with Gasteiger partial charge in [-0.15, -0.1) is 0 Å². The molecule has 1 amide bonds. The van der Waals surface area contributed by atoms with E-state index in [-0.39, 0.29) is 24.9 Å². The molecular weight excluding hydrogens is 452 g/mol. The zero-order valence-corrected chi connectivity index (χ0v) is 24.1. The number of rotatable bonds is 10. The molecule has 34 heavy (non-hydrogen) atoms. The maximum atomic E-state index is 13.3. The predicted octanol–water partition coefficient (Wildman–Crippen LogP) is 4.65. The fourth-order valence-corrected chi connectivity index (χ4v) is 11.2. The first-order valence-electron chi connectivity index (χ1n) is 12.5. The average Bonchev–Trinajstić information content (AvgIpc) is 3.04. The number of Topliss-reactive ketones (excluding diaryl/α,β-unsaturated/α-hetero) is 1. The van der Waals surface area contributed by atoms with Crippen molar-refractivity contribution in [1.82, 2.24) is 4.90 Å². The fraction of sp³-hybridized carbons (Fsp3) is 0.880. The SMILES string of the molecule is CC(=O)OC[C@@H]1C[C@H](C(C)=O)N(C(=O)OC(C)(C)C)[C@H]1C(N)CO[Si](C(C)C)(C(C)C)C(C)C. The summed E-state index contributed by atoms with van der Waals surface area (Å²) in [6.45, 7) is 21.7. The minimum absolute atomic E-state index is 0.0812. The molecule has 1 unspecified atom stereocenters. The van der Waals surface area contributed by atoms with Crippen molar-refractivity contribution in [1.29, 1.82) is 0 Å². The number of amides is 1. The number of likely N-dealkylation sites (tertiary alicyclic amines) is 1.